The molecule has 0 fully saturated rings. The molecule has 1 aromatic heterocycles. The summed E-state index contributed by atoms with van der Waals surface area (Å²) >= 11 is 0. The lowest BCUT2D eigenvalue weighted by Crippen LogP contribution is -2.41. The highest BCUT2D eigenvalue weighted by Gasteiger charge is 2.05. The fourth-order valence-electron chi connectivity index (χ4n) is 1.86. The van der Waals surface area contributed by atoms with Crippen LogP contribution in [0.4, 0.5) is 5.69 Å². The summed E-state index contributed by atoms with van der Waals surface area (Å²) < 4.78 is 5.21. The van der Waals surface area contributed by atoms with Crippen molar-refractivity contribution < 1.29 is 9.21 Å². The molecule has 0 aliphatic heterocycles. The number of halogens is 1. The van der Waals surface area contributed by atoms with Gasteiger partial charge < -0.3 is 20.4 Å². The molecule has 0 radical (unpaired) electrons. The van der Waals surface area contributed by atoms with Crippen LogP contribution in [0, 0.1) is 12.3 Å². The quantitative estimate of drug-likeness (QED) is 0.290. The Hall–Kier alpha value is -2.47. The summed E-state index contributed by atoms with van der Waals surface area (Å²) in [6, 6.07) is 10.8. The molecule has 0 spiro atoms. The minimum absolute atomic E-state index is 0. The average Bonchev–Trinajstić information content (AvgIpc) is 3.08. The number of amides is 1. The third-order valence-electron chi connectivity index (χ3n) is 2.96. The number of nitrogens with zero attached hydrogens (tertiary/aromatic N) is 1. The molecular formula is C17H19IN4O2. The Kier molecular flexibility index (Phi) is 8.43. The maximum Gasteiger partial charge on any atom is 0.243 e. The lowest BCUT2D eigenvalue weighted by atomic mass is 10.2. The van der Waals surface area contributed by atoms with Crippen LogP contribution in [-0.4, -0.2) is 25.5 Å². The molecule has 3 N–H and O–H groups in total. The van der Waals surface area contributed by atoms with Gasteiger partial charge in [0.1, 0.15) is 5.76 Å². The van der Waals surface area contributed by atoms with Gasteiger partial charge in [-0.25, -0.2) is 0 Å². The minimum atomic E-state index is -0.194. The SMILES string of the molecule is C#Cc1cccc(NC(=O)CNC(=NC)NCc2ccco2)c1.I. The molecular weight excluding hydrogens is 419 g/mol. The van der Waals surface area contributed by atoms with Gasteiger partial charge >= 0.3 is 0 Å². The first-order chi connectivity index (χ1) is 11.2. The van der Waals surface area contributed by atoms with Gasteiger partial charge in [0.15, 0.2) is 5.96 Å². The molecule has 2 aromatic rings. The first-order valence-corrected chi connectivity index (χ1v) is 7.04. The predicted octanol–water partition coefficient (Wildman–Crippen LogP) is 2.18. The zero-order valence-corrected chi connectivity index (χ0v) is 15.5. The lowest BCUT2D eigenvalue weighted by Gasteiger charge is -2.11. The van der Waals surface area contributed by atoms with Crippen molar-refractivity contribution in [1.82, 2.24) is 10.6 Å². The van der Waals surface area contributed by atoms with Gasteiger partial charge in [-0.1, -0.05) is 12.0 Å². The van der Waals surface area contributed by atoms with Crippen LogP contribution in [0.1, 0.15) is 11.3 Å². The molecule has 1 aromatic carbocycles. The van der Waals surface area contributed by atoms with Gasteiger partial charge in [-0.05, 0) is 30.3 Å². The van der Waals surface area contributed by atoms with Crippen LogP contribution in [0.3, 0.4) is 0 Å². The number of hydrogen-bond acceptors (Lipinski definition) is 3. The zero-order valence-electron chi connectivity index (χ0n) is 13.2. The van der Waals surface area contributed by atoms with Gasteiger partial charge in [0.05, 0.1) is 19.4 Å². The van der Waals surface area contributed by atoms with E-state index >= 15 is 0 Å². The van der Waals surface area contributed by atoms with Gasteiger partial charge in [-0.15, -0.1) is 30.4 Å². The van der Waals surface area contributed by atoms with E-state index < -0.39 is 0 Å². The van der Waals surface area contributed by atoms with E-state index in [0.717, 1.165) is 5.76 Å². The second-order valence-electron chi connectivity index (χ2n) is 4.63. The summed E-state index contributed by atoms with van der Waals surface area (Å²) in [5.41, 5.74) is 1.37. The molecule has 0 bridgehead atoms. The summed E-state index contributed by atoms with van der Waals surface area (Å²) in [7, 11) is 1.63. The van der Waals surface area contributed by atoms with Crippen molar-refractivity contribution in [3.63, 3.8) is 0 Å². The molecule has 1 amide bonds. The summed E-state index contributed by atoms with van der Waals surface area (Å²) in [5.74, 6) is 3.62. The van der Waals surface area contributed by atoms with E-state index in [1.807, 2.05) is 12.1 Å². The van der Waals surface area contributed by atoms with Crippen LogP contribution in [0.2, 0.25) is 0 Å². The van der Waals surface area contributed by atoms with Crippen molar-refractivity contribution in [2.75, 3.05) is 18.9 Å². The van der Waals surface area contributed by atoms with Crippen molar-refractivity contribution in [3.05, 3.63) is 54.0 Å². The molecule has 126 valence electrons. The highest BCUT2D eigenvalue weighted by molar-refractivity contribution is 14.0. The highest BCUT2D eigenvalue weighted by atomic mass is 127. The lowest BCUT2D eigenvalue weighted by molar-refractivity contribution is -0.115. The molecule has 0 unspecified atom stereocenters. The van der Waals surface area contributed by atoms with Crippen molar-refractivity contribution >= 4 is 41.5 Å². The van der Waals surface area contributed by atoms with Crippen LogP contribution in [0.15, 0.2) is 52.1 Å². The number of nitrogens with one attached hydrogen (secondary N) is 3. The second-order valence-corrected chi connectivity index (χ2v) is 4.63. The Morgan fingerprint density at radius 2 is 2.12 bits per heavy atom. The number of rotatable bonds is 5. The van der Waals surface area contributed by atoms with Crippen LogP contribution in [0.25, 0.3) is 0 Å². The van der Waals surface area contributed by atoms with Gasteiger partial charge in [0, 0.05) is 18.3 Å². The van der Waals surface area contributed by atoms with Crippen LogP contribution >= 0.6 is 24.0 Å². The summed E-state index contributed by atoms with van der Waals surface area (Å²) in [4.78, 5) is 16.0. The number of benzene rings is 1. The van der Waals surface area contributed by atoms with E-state index in [2.05, 4.69) is 26.9 Å². The van der Waals surface area contributed by atoms with Crippen LogP contribution in [-0.2, 0) is 11.3 Å². The highest BCUT2D eigenvalue weighted by Crippen LogP contribution is 2.09. The number of carbonyl (C=O) groups excluding carboxylic acids is 1. The zero-order chi connectivity index (χ0) is 16.5. The Labute approximate surface area is 158 Å². The van der Waals surface area contributed by atoms with Gasteiger partial charge in [0.25, 0.3) is 0 Å². The molecule has 0 saturated heterocycles. The van der Waals surface area contributed by atoms with E-state index in [-0.39, 0.29) is 36.4 Å². The Balaban J connectivity index is 0.00000288. The molecule has 0 aliphatic rings. The number of aliphatic imine (C=N–C) groups is 1. The number of carbonyl (C=O) groups is 1. The molecule has 0 aliphatic carbocycles. The molecule has 6 nitrogen and oxygen atoms in total. The minimum Gasteiger partial charge on any atom is -0.467 e. The third kappa shape index (κ3) is 6.34. The van der Waals surface area contributed by atoms with E-state index in [0.29, 0.717) is 23.8 Å². The van der Waals surface area contributed by atoms with E-state index in [4.69, 9.17) is 10.8 Å². The molecule has 24 heavy (non-hydrogen) atoms. The molecule has 0 atom stereocenters. The van der Waals surface area contributed by atoms with Crippen molar-refractivity contribution in [1.29, 1.82) is 0 Å². The van der Waals surface area contributed by atoms with E-state index in [1.54, 1.807) is 37.6 Å². The first kappa shape index (κ1) is 19.6. The van der Waals surface area contributed by atoms with Crippen molar-refractivity contribution in [2.45, 2.75) is 6.54 Å². The number of furan rings is 1. The number of hydrogen-bond donors (Lipinski definition) is 3. The fraction of sp³-hybridized carbons (Fsp3) is 0.176. The number of anilines is 1. The van der Waals surface area contributed by atoms with Gasteiger partial charge in [0.2, 0.25) is 5.91 Å². The maximum atomic E-state index is 11.9. The topological polar surface area (TPSA) is 78.7 Å². The summed E-state index contributed by atoms with van der Waals surface area (Å²) in [6.45, 7) is 0.566. The summed E-state index contributed by atoms with van der Waals surface area (Å²) in [5, 5.41) is 8.74. The first-order valence-electron chi connectivity index (χ1n) is 7.04. The Morgan fingerprint density at radius 3 is 2.79 bits per heavy atom. The summed E-state index contributed by atoms with van der Waals surface area (Å²) in [6.07, 6.45) is 6.93. The van der Waals surface area contributed by atoms with Crippen LogP contribution in [0.5, 0.6) is 0 Å². The Morgan fingerprint density at radius 1 is 1.29 bits per heavy atom. The third-order valence-corrected chi connectivity index (χ3v) is 2.96. The van der Waals surface area contributed by atoms with Crippen molar-refractivity contribution in [2.24, 2.45) is 4.99 Å². The predicted molar refractivity (Wildman–Crippen MR) is 105 cm³/mol. The molecule has 7 heteroatoms. The normalized spacial score (nSPS) is 10.2. The second kappa shape index (κ2) is 10.3. The van der Waals surface area contributed by atoms with Gasteiger partial charge in [-0.2, -0.15) is 0 Å². The van der Waals surface area contributed by atoms with Crippen molar-refractivity contribution in [3.8, 4) is 12.3 Å². The molecule has 1 heterocycles. The largest absolute Gasteiger partial charge is 0.467 e. The maximum absolute atomic E-state index is 11.9. The monoisotopic (exact) mass is 438 g/mol. The van der Waals surface area contributed by atoms with Gasteiger partial charge in [-0.3, -0.25) is 9.79 Å². The number of terminal acetylenes is 1. The smallest absolute Gasteiger partial charge is 0.243 e. The molecule has 2 rings (SSSR count). The fourth-order valence-corrected chi connectivity index (χ4v) is 1.86. The number of guanidine groups is 1. The molecule has 0 saturated carbocycles. The Bertz CT molecular complexity index is 720. The van der Waals surface area contributed by atoms with E-state index in [9.17, 15) is 4.79 Å². The van der Waals surface area contributed by atoms with Crippen LogP contribution < -0.4 is 16.0 Å². The average molecular weight is 438 g/mol. The standard InChI is InChI=1S/C17H18N4O2.HI/c1-3-13-6-4-7-14(10-13)21-16(22)12-20-17(18-2)19-11-15-8-5-9-23-15;/h1,4-10H,11-12H2,2H3,(H,21,22)(H2,18,19,20);1H. The van der Waals surface area contributed by atoms with E-state index in [1.165, 1.54) is 0 Å².